The van der Waals surface area contributed by atoms with E-state index < -0.39 is 0 Å². The van der Waals surface area contributed by atoms with Gasteiger partial charge in [-0.25, -0.2) is 0 Å². The smallest absolute Gasteiger partial charge is 0.0502 e. The van der Waals surface area contributed by atoms with E-state index in [4.69, 9.17) is 10.5 Å². The lowest BCUT2D eigenvalue weighted by molar-refractivity contribution is 0.202. The predicted molar refractivity (Wildman–Crippen MR) is 59.2 cm³/mol. The zero-order valence-corrected chi connectivity index (χ0v) is 8.99. The van der Waals surface area contributed by atoms with Gasteiger partial charge in [0.2, 0.25) is 0 Å². The number of hydrogen-bond acceptors (Lipinski definition) is 2. The Hall–Kier alpha value is -0.860. The van der Waals surface area contributed by atoms with E-state index >= 15 is 0 Å². The van der Waals surface area contributed by atoms with Gasteiger partial charge in [0, 0.05) is 13.2 Å². The highest BCUT2D eigenvalue weighted by Gasteiger charge is 2.02. The third-order valence-corrected chi connectivity index (χ3v) is 2.44. The topological polar surface area (TPSA) is 35.2 Å². The Morgan fingerprint density at radius 3 is 2.43 bits per heavy atom. The molecule has 1 aromatic carbocycles. The van der Waals surface area contributed by atoms with Gasteiger partial charge in [0.1, 0.15) is 0 Å². The van der Waals surface area contributed by atoms with Gasteiger partial charge < -0.3 is 10.5 Å². The first-order chi connectivity index (χ1) is 6.77. The van der Waals surface area contributed by atoms with Crippen molar-refractivity contribution in [3.8, 4) is 0 Å². The summed E-state index contributed by atoms with van der Waals surface area (Å²) in [5.41, 5.74) is 8.44. The molecule has 0 heterocycles. The molecule has 14 heavy (non-hydrogen) atoms. The summed E-state index contributed by atoms with van der Waals surface area (Å²) in [6.07, 6.45) is 1.95. The molecule has 0 aromatic heterocycles. The highest BCUT2D eigenvalue weighted by atomic mass is 16.5. The molecule has 2 nitrogen and oxygen atoms in total. The van der Waals surface area contributed by atoms with Crippen LogP contribution in [0.5, 0.6) is 0 Å². The average molecular weight is 193 g/mol. The van der Waals surface area contributed by atoms with Crippen molar-refractivity contribution in [2.24, 2.45) is 5.73 Å². The maximum atomic E-state index is 5.92. The fraction of sp³-hybridized carbons (Fsp3) is 0.500. The van der Waals surface area contributed by atoms with Crippen molar-refractivity contribution >= 4 is 0 Å². The summed E-state index contributed by atoms with van der Waals surface area (Å²) >= 11 is 0. The second kappa shape index (κ2) is 5.78. The van der Waals surface area contributed by atoms with E-state index in [-0.39, 0.29) is 6.04 Å². The Bertz CT molecular complexity index is 256. The Kier molecular flexibility index (Phi) is 4.63. The lowest BCUT2D eigenvalue weighted by Crippen LogP contribution is -2.08. The molecule has 0 amide bonds. The van der Waals surface area contributed by atoms with Gasteiger partial charge in [0.05, 0.1) is 6.61 Å². The molecule has 78 valence electrons. The third-order valence-electron chi connectivity index (χ3n) is 2.44. The second-order valence-electron chi connectivity index (χ2n) is 3.50. The molecule has 0 fully saturated rings. The minimum absolute atomic E-state index is 0.173. The molecule has 1 unspecified atom stereocenters. The minimum atomic E-state index is 0.173. The summed E-state index contributed by atoms with van der Waals surface area (Å²) in [7, 11) is 1.72. The molecule has 0 aliphatic heterocycles. The van der Waals surface area contributed by atoms with Crippen LogP contribution in [0, 0.1) is 0 Å². The number of rotatable bonds is 5. The Balaban J connectivity index is 2.59. The molecule has 0 saturated heterocycles. The Morgan fingerprint density at radius 1 is 1.29 bits per heavy atom. The van der Waals surface area contributed by atoms with Crippen LogP contribution in [0.2, 0.25) is 0 Å². The van der Waals surface area contributed by atoms with Crippen molar-refractivity contribution in [3.63, 3.8) is 0 Å². The molecule has 1 aromatic rings. The van der Waals surface area contributed by atoms with Crippen LogP contribution >= 0.6 is 0 Å². The maximum Gasteiger partial charge on any atom is 0.0502 e. The highest BCUT2D eigenvalue weighted by molar-refractivity contribution is 5.24. The number of ether oxygens (including phenoxy) is 1. The van der Waals surface area contributed by atoms with E-state index in [0.29, 0.717) is 0 Å². The van der Waals surface area contributed by atoms with Crippen molar-refractivity contribution in [2.75, 3.05) is 13.7 Å². The van der Waals surface area contributed by atoms with Crippen molar-refractivity contribution in [1.82, 2.24) is 0 Å². The van der Waals surface area contributed by atoms with Gasteiger partial charge in [0.15, 0.2) is 0 Å². The zero-order chi connectivity index (χ0) is 10.4. The summed E-state index contributed by atoms with van der Waals surface area (Å²) in [4.78, 5) is 0. The first-order valence-corrected chi connectivity index (χ1v) is 5.11. The summed E-state index contributed by atoms with van der Waals surface area (Å²) in [6.45, 7) is 2.88. The molecule has 0 spiro atoms. The van der Waals surface area contributed by atoms with Gasteiger partial charge in [-0.15, -0.1) is 0 Å². The lowest BCUT2D eigenvalue weighted by atomic mass is 10.0. The van der Waals surface area contributed by atoms with Crippen LogP contribution in [0.4, 0.5) is 0 Å². The largest absolute Gasteiger partial charge is 0.384 e. The van der Waals surface area contributed by atoms with Crippen LogP contribution in [-0.2, 0) is 11.2 Å². The normalized spacial score (nSPS) is 12.8. The zero-order valence-electron chi connectivity index (χ0n) is 8.99. The van der Waals surface area contributed by atoms with Crippen LogP contribution in [0.1, 0.15) is 30.5 Å². The fourth-order valence-corrected chi connectivity index (χ4v) is 1.39. The van der Waals surface area contributed by atoms with E-state index in [1.807, 2.05) is 0 Å². The van der Waals surface area contributed by atoms with Crippen molar-refractivity contribution in [3.05, 3.63) is 35.4 Å². The summed E-state index contributed by atoms with van der Waals surface area (Å²) in [5, 5.41) is 0. The Morgan fingerprint density at radius 2 is 1.93 bits per heavy atom. The van der Waals surface area contributed by atoms with Crippen LogP contribution < -0.4 is 5.73 Å². The van der Waals surface area contributed by atoms with Crippen molar-refractivity contribution in [1.29, 1.82) is 0 Å². The number of nitrogens with two attached hydrogens (primary N) is 1. The van der Waals surface area contributed by atoms with Crippen LogP contribution in [0.15, 0.2) is 24.3 Å². The van der Waals surface area contributed by atoms with Gasteiger partial charge in [-0.05, 0) is 24.0 Å². The molecular formula is C12H19NO. The van der Waals surface area contributed by atoms with Gasteiger partial charge in [0.25, 0.3) is 0 Å². The number of methoxy groups -OCH3 is 1. The molecule has 0 radical (unpaired) electrons. The summed E-state index contributed by atoms with van der Waals surface area (Å²) < 4.78 is 5.02. The van der Waals surface area contributed by atoms with E-state index in [0.717, 1.165) is 19.4 Å². The quantitative estimate of drug-likeness (QED) is 0.778. The molecule has 2 heteroatoms. The molecule has 2 N–H and O–H groups in total. The van der Waals surface area contributed by atoms with Crippen LogP contribution in [-0.4, -0.2) is 13.7 Å². The standard InChI is InChI=1S/C12H19NO/c1-3-12(13)11-6-4-10(5-7-11)8-9-14-2/h4-7,12H,3,8-9,13H2,1-2H3. The van der Waals surface area contributed by atoms with Crippen molar-refractivity contribution in [2.45, 2.75) is 25.8 Å². The molecule has 0 aliphatic carbocycles. The van der Waals surface area contributed by atoms with E-state index in [2.05, 4.69) is 31.2 Å². The molecule has 1 rings (SSSR count). The second-order valence-corrected chi connectivity index (χ2v) is 3.50. The number of hydrogen-bond donors (Lipinski definition) is 1. The molecule has 0 aliphatic rings. The monoisotopic (exact) mass is 193 g/mol. The van der Waals surface area contributed by atoms with Gasteiger partial charge in [-0.3, -0.25) is 0 Å². The van der Waals surface area contributed by atoms with Crippen LogP contribution in [0.25, 0.3) is 0 Å². The van der Waals surface area contributed by atoms with Gasteiger partial charge in [-0.2, -0.15) is 0 Å². The minimum Gasteiger partial charge on any atom is -0.384 e. The van der Waals surface area contributed by atoms with E-state index in [1.165, 1.54) is 11.1 Å². The molecule has 0 bridgehead atoms. The summed E-state index contributed by atoms with van der Waals surface area (Å²) in [5.74, 6) is 0. The predicted octanol–water partition coefficient (Wildman–Crippen LogP) is 2.29. The fourth-order valence-electron chi connectivity index (χ4n) is 1.39. The average Bonchev–Trinajstić information content (AvgIpc) is 2.26. The van der Waals surface area contributed by atoms with Gasteiger partial charge >= 0.3 is 0 Å². The first kappa shape index (κ1) is 11.2. The maximum absolute atomic E-state index is 5.92. The van der Waals surface area contributed by atoms with Crippen molar-refractivity contribution < 1.29 is 4.74 Å². The van der Waals surface area contributed by atoms with Gasteiger partial charge in [-0.1, -0.05) is 31.2 Å². The SMILES string of the molecule is CCC(N)c1ccc(CCOC)cc1. The highest BCUT2D eigenvalue weighted by Crippen LogP contribution is 2.14. The van der Waals surface area contributed by atoms with E-state index in [1.54, 1.807) is 7.11 Å². The molecule has 0 saturated carbocycles. The third kappa shape index (κ3) is 3.13. The van der Waals surface area contributed by atoms with Crippen LogP contribution in [0.3, 0.4) is 0 Å². The number of benzene rings is 1. The summed E-state index contributed by atoms with van der Waals surface area (Å²) in [6, 6.07) is 8.65. The Labute approximate surface area is 86.1 Å². The molecule has 1 atom stereocenters. The molecular weight excluding hydrogens is 174 g/mol. The lowest BCUT2D eigenvalue weighted by Gasteiger charge is -2.09. The van der Waals surface area contributed by atoms with E-state index in [9.17, 15) is 0 Å². The first-order valence-electron chi connectivity index (χ1n) is 5.11.